The van der Waals surface area contributed by atoms with E-state index in [2.05, 4.69) is 22.5 Å². The number of carbonyl (C=O) groups is 1. The van der Waals surface area contributed by atoms with Gasteiger partial charge in [-0.25, -0.2) is 9.37 Å². The number of aromatic nitrogens is 1. The first-order valence-corrected chi connectivity index (χ1v) is 7.31. The van der Waals surface area contributed by atoms with Gasteiger partial charge in [-0.15, -0.1) is 0 Å². The van der Waals surface area contributed by atoms with Gasteiger partial charge in [0.05, 0.1) is 5.56 Å². The first kappa shape index (κ1) is 14.8. The molecule has 2 rings (SSSR count). The second-order valence-electron chi connectivity index (χ2n) is 5.54. The Kier molecular flexibility index (Phi) is 4.93. The summed E-state index contributed by atoms with van der Waals surface area (Å²) in [7, 11) is 0. The van der Waals surface area contributed by atoms with Gasteiger partial charge in [0.25, 0.3) is 5.91 Å². The minimum atomic E-state index is -0.565. The standard InChI is InChI=1S/C15H22FN3O/c1-3-7-17-14-13(16)12(6-8-18-14)15(20)19-11-5-4-10(2)9-11/h6,8,10-11H,3-5,7,9H2,1-2H3,(H,17,18)(H,19,20). The van der Waals surface area contributed by atoms with Gasteiger partial charge in [-0.05, 0) is 37.7 Å². The van der Waals surface area contributed by atoms with Gasteiger partial charge in [0.1, 0.15) is 0 Å². The van der Waals surface area contributed by atoms with Gasteiger partial charge in [0.15, 0.2) is 11.6 Å². The van der Waals surface area contributed by atoms with Crippen molar-refractivity contribution >= 4 is 11.7 Å². The summed E-state index contributed by atoms with van der Waals surface area (Å²) < 4.78 is 14.2. The van der Waals surface area contributed by atoms with Gasteiger partial charge in [-0.2, -0.15) is 0 Å². The van der Waals surface area contributed by atoms with Crippen molar-refractivity contribution < 1.29 is 9.18 Å². The maximum Gasteiger partial charge on any atom is 0.254 e. The Morgan fingerprint density at radius 2 is 2.30 bits per heavy atom. The van der Waals surface area contributed by atoms with Crippen LogP contribution in [0.15, 0.2) is 12.3 Å². The van der Waals surface area contributed by atoms with Gasteiger partial charge >= 0.3 is 0 Å². The first-order valence-electron chi connectivity index (χ1n) is 7.31. The Morgan fingerprint density at radius 3 is 2.95 bits per heavy atom. The molecule has 0 saturated heterocycles. The third kappa shape index (κ3) is 3.46. The Hall–Kier alpha value is -1.65. The summed E-state index contributed by atoms with van der Waals surface area (Å²) in [5.74, 6) is -0.128. The fourth-order valence-electron chi connectivity index (χ4n) is 2.59. The quantitative estimate of drug-likeness (QED) is 0.871. The lowest BCUT2D eigenvalue weighted by Crippen LogP contribution is -2.33. The molecular weight excluding hydrogens is 257 g/mol. The van der Waals surface area contributed by atoms with E-state index in [-0.39, 0.29) is 23.3 Å². The van der Waals surface area contributed by atoms with Crippen LogP contribution in [0.4, 0.5) is 10.2 Å². The molecule has 0 aromatic carbocycles. The van der Waals surface area contributed by atoms with E-state index in [4.69, 9.17) is 0 Å². The first-order chi connectivity index (χ1) is 9.61. The smallest absolute Gasteiger partial charge is 0.254 e. The van der Waals surface area contributed by atoms with Crippen LogP contribution in [0.25, 0.3) is 0 Å². The minimum absolute atomic E-state index is 0.0677. The zero-order valence-corrected chi connectivity index (χ0v) is 12.1. The molecule has 1 aromatic heterocycles. The van der Waals surface area contributed by atoms with Gasteiger partial charge in [-0.1, -0.05) is 13.8 Å². The maximum absolute atomic E-state index is 14.2. The van der Waals surface area contributed by atoms with Crippen LogP contribution < -0.4 is 10.6 Å². The number of anilines is 1. The summed E-state index contributed by atoms with van der Waals surface area (Å²) in [6, 6.07) is 1.59. The summed E-state index contributed by atoms with van der Waals surface area (Å²) in [4.78, 5) is 16.1. The number of hydrogen-bond acceptors (Lipinski definition) is 3. The predicted molar refractivity (Wildman–Crippen MR) is 77.2 cm³/mol. The zero-order chi connectivity index (χ0) is 14.5. The molecule has 1 heterocycles. The molecule has 1 aliphatic carbocycles. The Labute approximate surface area is 119 Å². The second-order valence-corrected chi connectivity index (χ2v) is 5.54. The average Bonchev–Trinajstić information content (AvgIpc) is 2.83. The average molecular weight is 279 g/mol. The van der Waals surface area contributed by atoms with E-state index < -0.39 is 5.82 Å². The van der Waals surface area contributed by atoms with Crippen LogP contribution in [0.1, 0.15) is 49.9 Å². The van der Waals surface area contributed by atoms with Crippen LogP contribution in [-0.2, 0) is 0 Å². The highest BCUT2D eigenvalue weighted by molar-refractivity contribution is 5.95. The monoisotopic (exact) mass is 279 g/mol. The van der Waals surface area contributed by atoms with Gasteiger partial charge < -0.3 is 10.6 Å². The molecule has 0 spiro atoms. The van der Waals surface area contributed by atoms with E-state index in [0.717, 1.165) is 25.7 Å². The molecule has 2 unspecified atom stereocenters. The van der Waals surface area contributed by atoms with Crippen molar-refractivity contribution in [3.8, 4) is 0 Å². The maximum atomic E-state index is 14.2. The number of rotatable bonds is 5. The van der Waals surface area contributed by atoms with Crippen LogP contribution >= 0.6 is 0 Å². The zero-order valence-electron chi connectivity index (χ0n) is 12.1. The highest BCUT2D eigenvalue weighted by Gasteiger charge is 2.24. The van der Waals surface area contributed by atoms with Crippen molar-refractivity contribution in [1.82, 2.24) is 10.3 Å². The van der Waals surface area contributed by atoms with E-state index in [0.29, 0.717) is 12.5 Å². The molecule has 2 atom stereocenters. The fraction of sp³-hybridized carbons (Fsp3) is 0.600. The van der Waals surface area contributed by atoms with Crippen LogP contribution in [0.3, 0.4) is 0 Å². The molecule has 0 bridgehead atoms. The molecule has 20 heavy (non-hydrogen) atoms. The van der Waals surface area contributed by atoms with Crippen molar-refractivity contribution in [3.63, 3.8) is 0 Å². The predicted octanol–water partition coefficient (Wildman–Crippen LogP) is 2.96. The van der Waals surface area contributed by atoms with Gasteiger partial charge in [-0.3, -0.25) is 4.79 Å². The second kappa shape index (κ2) is 6.68. The highest BCUT2D eigenvalue weighted by Crippen LogP contribution is 2.25. The molecule has 2 N–H and O–H groups in total. The van der Waals surface area contributed by atoms with Crippen molar-refractivity contribution in [2.24, 2.45) is 5.92 Å². The minimum Gasteiger partial charge on any atom is -0.368 e. The molecule has 5 heteroatoms. The molecular formula is C15H22FN3O. The number of hydrogen-bond donors (Lipinski definition) is 2. The van der Waals surface area contributed by atoms with E-state index >= 15 is 0 Å². The Balaban J connectivity index is 2.05. The van der Waals surface area contributed by atoms with Crippen LogP contribution in [-0.4, -0.2) is 23.5 Å². The van der Waals surface area contributed by atoms with Crippen LogP contribution in [0.2, 0.25) is 0 Å². The van der Waals surface area contributed by atoms with Crippen LogP contribution in [0.5, 0.6) is 0 Å². The number of amides is 1. The number of nitrogens with zero attached hydrogens (tertiary/aromatic N) is 1. The molecule has 1 aliphatic rings. The molecule has 4 nitrogen and oxygen atoms in total. The van der Waals surface area contributed by atoms with Crippen molar-refractivity contribution in [3.05, 3.63) is 23.6 Å². The third-order valence-corrected chi connectivity index (χ3v) is 3.71. The summed E-state index contributed by atoms with van der Waals surface area (Å²) in [5, 5.41) is 5.81. The normalized spacial score (nSPS) is 21.8. The lowest BCUT2D eigenvalue weighted by molar-refractivity contribution is 0.0933. The number of carbonyl (C=O) groups excluding carboxylic acids is 1. The van der Waals surface area contributed by atoms with E-state index in [1.165, 1.54) is 12.3 Å². The van der Waals surface area contributed by atoms with Gasteiger partial charge in [0.2, 0.25) is 0 Å². The fourth-order valence-corrected chi connectivity index (χ4v) is 2.59. The molecule has 1 fully saturated rings. The Bertz CT molecular complexity index is 478. The molecule has 0 aliphatic heterocycles. The topological polar surface area (TPSA) is 54.0 Å². The van der Waals surface area contributed by atoms with E-state index in [1.54, 1.807) is 0 Å². The number of halogens is 1. The molecule has 1 saturated carbocycles. The largest absolute Gasteiger partial charge is 0.368 e. The number of nitrogens with one attached hydrogen (secondary N) is 2. The number of pyridine rings is 1. The summed E-state index contributed by atoms with van der Waals surface area (Å²) in [5.41, 5.74) is 0.0677. The summed E-state index contributed by atoms with van der Waals surface area (Å²) >= 11 is 0. The Morgan fingerprint density at radius 1 is 1.50 bits per heavy atom. The van der Waals surface area contributed by atoms with E-state index in [9.17, 15) is 9.18 Å². The summed E-state index contributed by atoms with van der Waals surface area (Å²) in [6.45, 7) is 4.80. The SMILES string of the molecule is CCCNc1nccc(C(=O)NC2CCC(C)C2)c1F. The third-order valence-electron chi connectivity index (χ3n) is 3.71. The van der Waals surface area contributed by atoms with E-state index in [1.807, 2.05) is 6.92 Å². The van der Waals surface area contributed by atoms with Crippen molar-refractivity contribution in [2.45, 2.75) is 45.6 Å². The molecule has 1 aromatic rings. The molecule has 110 valence electrons. The van der Waals surface area contributed by atoms with Crippen molar-refractivity contribution in [1.29, 1.82) is 0 Å². The van der Waals surface area contributed by atoms with Crippen molar-refractivity contribution in [2.75, 3.05) is 11.9 Å². The van der Waals surface area contributed by atoms with Crippen LogP contribution in [0, 0.1) is 11.7 Å². The molecule has 0 radical (unpaired) electrons. The lowest BCUT2D eigenvalue weighted by Gasteiger charge is -2.14. The summed E-state index contributed by atoms with van der Waals surface area (Å²) in [6.07, 6.45) is 5.40. The lowest BCUT2D eigenvalue weighted by atomic mass is 10.1. The molecule has 1 amide bonds. The van der Waals surface area contributed by atoms with Gasteiger partial charge in [0, 0.05) is 18.8 Å². The highest BCUT2D eigenvalue weighted by atomic mass is 19.1.